The number of hydrogen-bond donors (Lipinski definition) is 3. The lowest BCUT2D eigenvalue weighted by Crippen LogP contribution is -2.35. The first-order chi connectivity index (χ1) is 10.6. The number of carbonyl (C=O) groups excluding carboxylic acids is 1. The molecule has 1 aliphatic heterocycles. The van der Waals surface area contributed by atoms with Crippen LogP contribution in [-0.2, 0) is 11.2 Å². The van der Waals surface area contributed by atoms with Gasteiger partial charge < -0.3 is 20.5 Å². The van der Waals surface area contributed by atoms with Gasteiger partial charge in [-0.3, -0.25) is 4.79 Å². The Labute approximate surface area is 133 Å². The number of rotatable bonds is 6. The topological polar surface area (TPSA) is 70.6 Å². The molecule has 1 unspecified atom stereocenters. The van der Waals surface area contributed by atoms with E-state index in [1.54, 1.807) is 0 Å². The van der Waals surface area contributed by atoms with Crippen molar-refractivity contribution in [2.75, 3.05) is 18.5 Å². The molecule has 0 fully saturated rings. The SMILES string of the molecule is CC.CC(C)NCC(O)COc1cccc2c1CCC(=O)N2. The number of carbonyl (C=O) groups is 1. The van der Waals surface area contributed by atoms with Gasteiger partial charge in [0.05, 0.1) is 0 Å². The van der Waals surface area contributed by atoms with Gasteiger partial charge in [-0.05, 0) is 18.6 Å². The predicted molar refractivity (Wildman–Crippen MR) is 89.4 cm³/mol. The summed E-state index contributed by atoms with van der Waals surface area (Å²) in [7, 11) is 0. The van der Waals surface area contributed by atoms with Crippen molar-refractivity contribution in [1.82, 2.24) is 5.32 Å². The summed E-state index contributed by atoms with van der Waals surface area (Å²) in [5, 5.41) is 15.8. The van der Waals surface area contributed by atoms with E-state index < -0.39 is 6.10 Å². The Hall–Kier alpha value is -1.59. The number of hydrogen-bond acceptors (Lipinski definition) is 4. The minimum Gasteiger partial charge on any atom is -0.490 e. The van der Waals surface area contributed by atoms with Gasteiger partial charge in [0.25, 0.3) is 0 Å². The van der Waals surface area contributed by atoms with Gasteiger partial charge >= 0.3 is 0 Å². The number of fused-ring (bicyclic) bond motifs is 1. The maximum Gasteiger partial charge on any atom is 0.224 e. The maximum atomic E-state index is 11.4. The Morgan fingerprint density at radius 2 is 2.05 bits per heavy atom. The van der Waals surface area contributed by atoms with E-state index in [1.165, 1.54) is 0 Å². The Balaban J connectivity index is 0.00000116. The molecule has 2 rings (SSSR count). The molecule has 124 valence electrons. The molecule has 1 atom stereocenters. The fraction of sp³-hybridized carbons (Fsp3) is 0.588. The van der Waals surface area contributed by atoms with Crippen molar-refractivity contribution < 1.29 is 14.6 Å². The van der Waals surface area contributed by atoms with Crippen LogP contribution in [0.15, 0.2) is 18.2 Å². The predicted octanol–water partition coefficient (Wildman–Crippen LogP) is 2.34. The lowest BCUT2D eigenvalue weighted by atomic mass is 10.0. The van der Waals surface area contributed by atoms with Crippen LogP contribution in [0.5, 0.6) is 5.75 Å². The average molecular weight is 308 g/mol. The van der Waals surface area contributed by atoms with Crippen LogP contribution in [0.4, 0.5) is 5.69 Å². The van der Waals surface area contributed by atoms with Gasteiger partial charge in [0.1, 0.15) is 18.5 Å². The van der Waals surface area contributed by atoms with Gasteiger partial charge in [-0.25, -0.2) is 0 Å². The number of amides is 1. The molecule has 0 aliphatic carbocycles. The second kappa shape index (κ2) is 9.43. The molecule has 22 heavy (non-hydrogen) atoms. The van der Waals surface area contributed by atoms with Gasteiger partial charge in [-0.15, -0.1) is 0 Å². The molecule has 0 saturated heterocycles. The molecule has 1 heterocycles. The summed E-state index contributed by atoms with van der Waals surface area (Å²) in [5.74, 6) is 0.780. The van der Waals surface area contributed by atoms with Gasteiger partial charge in [0, 0.05) is 30.3 Å². The summed E-state index contributed by atoms with van der Waals surface area (Å²) in [5.41, 5.74) is 1.82. The first kappa shape index (κ1) is 18.5. The van der Waals surface area contributed by atoms with E-state index in [0.29, 0.717) is 25.4 Å². The fourth-order valence-corrected chi connectivity index (χ4v) is 2.14. The summed E-state index contributed by atoms with van der Waals surface area (Å²) in [6.07, 6.45) is 0.606. The fourth-order valence-electron chi connectivity index (χ4n) is 2.14. The van der Waals surface area contributed by atoms with Crippen LogP contribution in [0.3, 0.4) is 0 Å². The van der Waals surface area contributed by atoms with Gasteiger partial charge in [-0.2, -0.15) is 0 Å². The van der Waals surface area contributed by atoms with Crippen molar-refractivity contribution >= 4 is 11.6 Å². The van der Waals surface area contributed by atoms with Crippen LogP contribution in [0.1, 0.15) is 39.7 Å². The van der Waals surface area contributed by atoms with Crippen molar-refractivity contribution in [2.45, 2.75) is 52.7 Å². The van der Waals surface area contributed by atoms with E-state index in [9.17, 15) is 9.90 Å². The van der Waals surface area contributed by atoms with E-state index in [2.05, 4.69) is 10.6 Å². The lowest BCUT2D eigenvalue weighted by Gasteiger charge is -2.21. The number of aliphatic hydroxyl groups excluding tert-OH is 1. The molecule has 1 aromatic rings. The van der Waals surface area contributed by atoms with Gasteiger partial charge in [-0.1, -0.05) is 33.8 Å². The summed E-state index contributed by atoms with van der Waals surface area (Å²) in [6.45, 7) is 8.81. The normalized spacial score (nSPS) is 14.5. The van der Waals surface area contributed by atoms with Crippen LogP contribution in [0.25, 0.3) is 0 Å². The molecule has 0 bridgehead atoms. The first-order valence-electron chi connectivity index (χ1n) is 8.02. The molecule has 5 heteroatoms. The third-order valence-corrected chi connectivity index (χ3v) is 3.20. The van der Waals surface area contributed by atoms with E-state index in [-0.39, 0.29) is 12.5 Å². The molecular weight excluding hydrogens is 280 g/mol. The maximum absolute atomic E-state index is 11.4. The number of ether oxygens (including phenoxy) is 1. The second-order valence-corrected chi connectivity index (χ2v) is 5.36. The summed E-state index contributed by atoms with van der Waals surface area (Å²) in [4.78, 5) is 11.4. The van der Waals surface area contributed by atoms with Crippen LogP contribution in [-0.4, -0.2) is 36.3 Å². The third kappa shape index (κ3) is 5.66. The van der Waals surface area contributed by atoms with Crippen LogP contribution < -0.4 is 15.4 Å². The molecule has 5 nitrogen and oxygen atoms in total. The standard InChI is InChI=1S/C15H22N2O3.C2H6/c1-10(2)16-8-11(18)9-20-14-5-3-4-13-12(14)6-7-15(19)17-13;1-2/h3-5,10-11,16,18H,6-9H2,1-2H3,(H,17,19);1-2H3. The second-order valence-electron chi connectivity index (χ2n) is 5.36. The molecular formula is C17H28N2O3. The third-order valence-electron chi connectivity index (χ3n) is 3.20. The number of benzene rings is 1. The quantitative estimate of drug-likeness (QED) is 0.754. The Bertz CT molecular complexity index is 475. The zero-order valence-corrected chi connectivity index (χ0v) is 14.0. The zero-order valence-electron chi connectivity index (χ0n) is 14.0. The molecule has 0 spiro atoms. The van der Waals surface area contributed by atoms with Gasteiger partial charge in [0.2, 0.25) is 5.91 Å². The molecule has 0 aromatic heterocycles. The minimum atomic E-state index is -0.550. The summed E-state index contributed by atoms with van der Waals surface area (Å²) < 4.78 is 5.69. The number of aliphatic hydroxyl groups is 1. The highest BCUT2D eigenvalue weighted by Crippen LogP contribution is 2.31. The molecule has 1 aromatic carbocycles. The van der Waals surface area contributed by atoms with Crippen molar-refractivity contribution in [3.63, 3.8) is 0 Å². The van der Waals surface area contributed by atoms with E-state index in [1.807, 2.05) is 45.9 Å². The largest absolute Gasteiger partial charge is 0.490 e. The van der Waals surface area contributed by atoms with Crippen molar-refractivity contribution in [1.29, 1.82) is 0 Å². The van der Waals surface area contributed by atoms with Crippen LogP contribution >= 0.6 is 0 Å². The minimum absolute atomic E-state index is 0.0378. The summed E-state index contributed by atoms with van der Waals surface area (Å²) >= 11 is 0. The van der Waals surface area contributed by atoms with Gasteiger partial charge in [0.15, 0.2) is 0 Å². The van der Waals surface area contributed by atoms with Crippen molar-refractivity contribution in [3.8, 4) is 5.75 Å². The molecule has 0 radical (unpaired) electrons. The number of anilines is 1. The van der Waals surface area contributed by atoms with Crippen molar-refractivity contribution in [2.24, 2.45) is 0 Å². The molecule has 1 aliphatic rings. The Morgan fingerprint density at radius 1 is 1.32 bits per heavy atom. The van der Waals surface area contributed by atoms with Crippen LogP contribution in [0, 0.1) is 0 Å². The van der Waals surface area contributed by atoms with Crippen molar-refractivity contribution in [3.05, 3.63) is 23.8 Å². The van der Waals surface area contributed by atoms with E-state index in [0.717, 1.165) is 17.0 Å². The molecule has 0 saturated carbocycles. The molecule has 3 N–H and O–H groups in total. The van der Waals surface area contributed by atoms with E-state index >= 15 is 0 Å². The van der Waals surface area contributed by atoms with E-state index in [4.69, 9.17) is 4.74 Å². The zero-order chi connectivity index (χ0) is 16.5. The number of nitrogens with one attached hydrogen (secondary N) is 2. The first-order valence-corrected chi connectivity index (χ1v) is 8.02. The highest BCUT2D eigenvalue weighted by atomic mass is 16.5. The highest BCUT2D eigenvalue weighted by Gasteiger charge is 2.18. The van der Waals surface area contributed by atoms with Crippen LogP contribution in [0.2, 0.25) is 0 Å². The average Bonchev–Trinajstić information content (AvgIpc) is 2.52. The Kier molecular flexibility index (Phi) is 7.91. The lowest BCUT2D eigenvalue weighted by molar-refractivity contribution is -0.116. The Morgan fingerprint density at radius 3 is 2.73 bits per heavy atom. The monoisotopic (exact) mass is 308 g/mol. The smallest absolute Gasteiger partial charge is 0.224 e. The highest BCUT2D eigenvalue weighted by molar-refractivity contribution is 5.94. The molecule has 1 amide bonds. The summed E-state index contributed by atoms with van der Waals surface area (Å²) in [6, 6.07) is 5.93.